The molecule has 0 spiro atoms. The topological polar surface area (TPSA) is 26.3 Å². The fraction of sp³-hybridized carbons (Fsp3) is 0.250. The smallest absolute Gasteiger partial charge is 0.131 e. The van der Waals surface area contributed by atoms with Gasteiger partial charge in [-0.25, -0.2) is 0 Å². The van der Waals surface area contributed by atoms with Crippen molar-refractivity contribution in [3.8, 4) is 0 Å². The first-order chi connectivity index (χ1) is 6.90. The monoisotopic (exact) mass is 186 g/mol. The molecule has 70 valence electrons. The van der Waals surface area contributed by atoms with Crippen LogP contribution in [0.25, 0.3) is 6.08 Å². The molecule has 3 rings (SSSR count). The summed E-state index contributed by atoms with van der Waals surface area (Å²) in [7, 11) is 0. The van der Waals surface area contributed by atoms with Crippen LogP contribution in [0.1, 0.15) is 28.2 Å². The number of rotatable bonds is 1. The van der Waals surface area contributed by atoms with E-state index in [1.165, 1.54) is 16.7 Å². The summed E-state index contributed by atoms with van der Waals surface area (Å²) >= 11 is 0. The lowest BCUT2D eigenvalue weighted by atomic mass is 9.96. The van der Waals surface area contributed by atoms with Crippen molar-refractivity contribution < 1.29 is 9.53 Å². The highest BCUT2D eigenvalue weighted by Crippen LogP contribution is 2.35. The zero-order valence-electron chi connectivity index (χ0n) is 7.69. The highest BCUT2D eigenvalue weighted by atomic mass is 16.5. The second-order valence-corrected chi connectivity index (χ2v) is 3.72. The zero-order valence-corrected chi connectivity index (χ0v) is 7.69. The molecule has 0 aromatic heterocycles. The fourth-order valence-corrected chi connectivity index (χ4v) is 2.21. The maximum atomic E-state index is 10.8. The Morgan fingerprint density at radius 3 is 3.14 bits per heavy atom. The van der Waals surface area contributed by atoms with Crippen LogP contribution in [-0.4, -0.2) is 6.29 Å². The van der Waals surface area contributed by atoms with Crippen molar-refractivity contribution in [1.29, 1.82) is 0 Å². The van der Waals surface area contributed by atoms with Gasteiger partial charge in [0, 0.05) is 0 Å². The summed E-state index contributed by atoms with van der Waals surface area (Å²) in [4.78, 5) is 10.8. The van der Waals surface area contributed by atoms with Gasteiger partial charge in [-0.2, -0.15) is 0 Å². The summed E-state index contributed by atoms with van der Waals surface area (Å²) in [6.45, 7) is 1.40. The second-order valence-electron chi connectivity index (χ2n) is 3.72. The number of allylic oxidation sites excluding steroid dienone is 1. The summed E-state index contributed by atoms with van der Waals surface area (Å²) in [6, 6.07) is 4.12. The molecule has 2 heteroatoms. The van der Waals surface area contributed by atoms with E-state index in [1.54, 1.807) is 0 Å². The summed E-state index contributed by atoms with van der Waals surface area (Å²) in [6.07, 6.45) is 4.99. The van der Waals surface area contributed by atoms with Crippen LogP contribution in [0.2, 0.25) is 0 Å². The van der Waals surface area contributed by atoms with Crippen LogP contribution in [0.5, 0.6) is 0 Å². The second kappa shape index (κ2) is 2.79. The lowest BCUT2D eigenvalue weighted by Crippen LogP contribution is -1.96. The van der Waals surface area contributed by atoms with Gasteiger partial charge < -0.3 is 9.53 Å². The lowest BCUT2D eigenvalue weighted by Gasteiger charge is -2.07. The molecule has 1 atom stereocenters. The van der Waals surface area contributed by atoms with Gasteiger partial charge in [0.25, 0.3) is 0 Å². The summed E-state index contributed by atoms with van der Waals surface area (Å²) in [5, 5.41) is 0. The Morgan fingerprint density at radius 1 is 1.36 bits per heavy atom. The predicted octanol–water partition coefficient (Wildman–Crippen LogP) is 2.03. The fourth-order valence-electron chi connectivity index (χ4n) is 2.21. The van der Waals surface area contributed by atoms with Crippen LogP contribution in [0.4, 0.5) is 0 Å². The van der Waals surface area contributed by atoms with Crippen LogP contribution in [0.15, 0.2) is 18.2 Å². The largest absolute Gasteiger partial charge is 0.372 e. The molecule has 0 amide bonds. The first-order valence-electron chi connectivity index (χ1n) is 4.76. The molecule has 1 unspecified atom stereocenters. The van der Waals surface area contributed by atoms with E-state index in [0.717, 1.165) is 11.8 Å². The van der Waals surface area contributed by atoms with Crippen LogP contribution in [-0.2, 0) is 22.7 Å². The van der Waals surface area contributed by atoms with Crippen molar-refractivity contribution in [2.75, 3.05) is 0 Å². The van der Waals surface area contributed by atoms with E-state index < -0.39 is 0 Å². The number of carbonyl (C=O) groups excluding carboxylic acids is 1. The van der Waals surface area contributed by atoms with Gasteiger partial charge in [-0.3, -0.25) is 0 Å². The lowest BCUT2D eigenvalue weighted by molar-refractivity contribution is -0.108. The van der Waals surface area contributed by atoms with Crippen molar-refractivity contribution in [3.05, 3.63) is 40.5 Å². The molecule has 1 aliphatic heterocycles. The third kappa shape index (κ3) is 0.917. The van der Waals surface area contributed by atoms with E-state index in [4.69, 9.17) is 4.74 Å². The van der Waals surface area contributed by atoms with Crippen LogP contribution in [0.3, 0.4) is 0 Å². The van der Waals surface area contributed by atoms with E-state index in [-0.39, 0.29) is 5.92 Å². The average Bonchev–Trinajstić information content (AvgIpc) is 2.82. The number of ether oxygens (including phenoxy) is 1. The van der Waals surface area contributed by atoms with Crippen molar-refractivity contribution in [2.24, 2.45) is 0 Å². The van der Waals surface area contributed by atoms with Gasteiger partial charge in [0.15, 0.2) is 0 Å². The van der Waals surface area contributed by atoms with E-state index >= 15 is 0 Å². The third-order valence-electron chi connectivity index (χ3n) is 2.97. The molecule has 2 aliphatic rings. The van der Waals surface area contributed by atoms with Gasteiger partial charge in [-0.05, 0) is 22.3 Å². The summed E-state index contributed by atoms with van der Waals surface area (Å²) < 4.78 is 5.39. The molecule has 0 fully saturated rings. The Balaban J connectivity index is 2.21. The highest BCUT2D eigenvalue weighted by Gasteiger charge is 2.23. The molecule has 1 aromatic rings. The molecule has 0 radical (unpaired) electrons. The van der Waals surface area contributed by atoms with E-state index in [1.807, 2.05) is 18.2 Å². The minimum Gasteiger partial charge on any atom is -0.372 e. The number of benzene rings is 1. The number of carbonyl (C=O) groups is 1. The Bertz CT molecular complexity index is 432. The number of aldehydes is 1. The predicted molar refractivity (Wildman–Crippen MR) is 52.8 cm³/mol. The molecular weight excluding hydrogens is 176 g/mol. The van der Waals surface area contributed by atoms with Gasteiger partial charge in [0.05, 0.1) is 19.1 Å². The molecule has 1 aromatic carbocycles. The van der Waals surface area contributed by atoms with E-state index in [2.05, 4.69) is 6.07 Å². The Labute approximate surface area is 82.2 Å². The molecule has 2 nitrogen and oxygen atoms in total. The standard InChI is InChI=1S/C12H10O2/c13-5-8-1-4-11-10(8)3-2-9-6-14-7-12(9)11/h1-5,8H,6-7H2. The summed E-state index contributed by atoms with van der Waals surface area (Å²) in [5.41, 5.74) is 4.87. The molecule has 0 saturated heterocycles. The van der Waals surface area contributed by atoms with Gasteiger partial charge in [-0.1, -0.05) is 24.3 Å². The van der Waals surface area contributed by atoms with Gasteiger partial charge >= 0.3 is 0 Å². The minimum atomic E-state index is -0.0455. The van der Waals surface area contributed by atoms with Crippen LogP contribution < -0.4 is 0 Å². The molecular formula is C12H10O2. The summed E-state index contributed by atoms with van der Waals surface area (Å²) in [5.74, 6) is -0.0455. The van der Waals surface area contributed by atoms with Crippen LogP contribution in [0, 0.1) is 0 Å². The highest BCUT2D eigenvalue weighted by molar-refractivity contribution is 5.78. The minimum absolute atomic E-state index is 0.0455. The molecule has 0 N–H and O–H groups in total. The first-order valence-corrected chi connectivity index (χ1v) is 4.76. The molecule has 1 heterocycles. The van der Waals surface area contributed by atoms with Crippen molar-refractivity contribution in [1.82, 2.24) is 0 Å². The Kier molecular flexibility index (Phi) is 1.58. The van der Waals surface area contributed by atoms with Gasteiger partial charge in [0.2, 0.25) is 0 Å². The van der Waals surface area contributed by atoms with E-state index in [0.29, 0.717) is 13.2 Å². The molecule has 0 saturated carbocycles. The Hall–Kier alpha value is -1.41. The van der Waals surface area contributed by atoms with Gasteiger partial charge in [-0.15, -0.1) is 0 Å². The molecule has 1 aliphatic carbocycles. The molecule has 0 bridgehead atoms. The van der Waals surface area contributed by atoms with Crippen molar-refractivity contribution in [2.45, 2.75) is 19.1 Å². The van der Waals surface area contributed by atoms with Crippen LogP contribution >= 0.6 is 0 Å². The molecule has 14 heavy (non-hydrogen) atoms. The third-order valence-corrected chi connectivity index (χ3v) is 2.97. The van der Waals surface area contributed by atoms with E-state index in [9.17, 15) is 4.79 Å². The van der Waals surface area contributed by atoms with Gasteiger partial charge in [0.1, 0.15) is 6.29 Å². The first kappa shape index (κ1) is 7.94. The quantitative estimate of drug-likeness (QED) is 0.627. The number of hydrogen-bond donors (Lipinski definition) is 0. The SMILES string of the molecule is O=CC1C=Cc2c1ccc1c2COC1. The average molecular weight is 186 g/mol. The maximum Gasteiger partial charge on any atom is 0.131 e. The number of fused-ring (bicyclic) bond motifs is 3. The van der Waals surface area contributed by atoms with Crippen molar-refractivity contribution in [3.63, 3.8) is 0 Å². The number of hydrogen-bond acceptors (Lipinski definition) is 2. The maximum absolute atomic E-state index is 10.8. The normalized spacial score (nSPS) is 22.1. The van der Waals surface area contributed by atoms with Crippen molar-refractivity contribution >= 4 is 12.4 Å². The zero-order chi connectivity index (χ0) is 9.54. The Morgan fingerprint density at radius 2 is 2.29 bits per heavy atom.